The third kappa shape index (κ3) is 2.91. The highest BCUT2D eigenvalue weighted by atomic mass is 16.5. The zero-order valence-electron chi connectivity index (χ0n) is 14.2. The van der Waals surface area contributed by atoms with Crippen LogP contribution in [-0.2, 0) is 4.79 Å². The Balaban J connectivity index is 1.31. The van der Waals surface area contributed by atoms with Crippen molar-refractivity contribution in [2.45, 2.75) is 57.9 Å². The lowest BCUT2D eigenvalue weighted by molar-refractivity contribution is -0.134. The first-order chi connectivity index (χ1) is 11.5. The van der Waals surface area contributed by atoms with Gasteiger partial charge in [-0.3, -0.25) is 9.59 Å². The van der Waals surface area contributed by atoms with E-state index in [1.807, 2.05) is 4.90 Å². The number of carbonyl (C=O) groups excluding carboxylic acids is 2. The highest BCUT2D eigenvalue weighted by molar-refractivity contribution is 5.94. The Hall–Kier alpha value is -1.92. The summed E-state index contributed by atoms with van der Waals surface area (Å²) in [6.07, 6.45) is 5.82. The van der Waals surface area contributed by atoms with Gasteiger partial charge in [-0.25, -0.2) is 0 Å². The highest BCUT2D eigenvalue weighted by Crippen LogP contribution is 2.53. The zero-order valence-corrected chi connectivity index (χ0v) is 14.2. The van der Waals surface area contributed by atoms with Gasteiger partial charge in [0.1, 0.15) is 6.04 Å². The normalized spacial score (nSPS) is 28.5. The van der Waals surface area contributed by atoms with E-state index in [0.29, 0.717) is 17.2 Å². The summed E-state index contributed by atoms with van der Waals surface area (Å²) in [7, 11) is 0. The van der Waals surface area contributed by atoms with E-state index in [1.165, 1.54) is 12.8 Å². The molecule has 1 aromatic heterocycles. The molecule has 7 nitrogen and oxygen atoms in total. The lowest BCUT2D eigenvalue weighted by atomic mass is 9.93. The Morgan fingerprint density at radius 1 is 1.29 bits per heavy atom. The summed E-state index contributed by atoms with van der Waals surface area (Å²) < 4.78 is 5.15. The third-order valence-corrected chi connectivity index (χ3v) is 5.88. The van der Waals surface area contributed by atoms with E-state index in [-0.39, 0.29) is 17.6 Å². The molecule has 2 heterocycles. The van der Waals surface area contributed by atoms with Crippen LogP contribution in [0.3, 0.4) is 0 Å². The van der Waals surface area contributed by atoms with E-state index in [9.17, 15) is 9.59 Å². The Labute approximate surface area is 141 Å². The van der Waals surface area contributed by atoms with Gasteiger partial charge in [0.2, 0.25) is 11.8 Å². The van der Waals surface area contributed by atoms with Crippen molar-refractivity contribution in [2.75, 3.05) is 13.1 Å². The minimum Gasteiger partial charge on any atom is -0.341 e. The van der Waals surface area contributed by atoms with Gasteiger partial charge in [-0.05, 0) is 50.4 Å². The Morgan fingerprint density at radius 2 is 1.96 bits per heavy atom. The molecule has 24 heavy (non-hydrogen) atoms. The summed E-state index contributed by atoms with van der Waals surface area (Å²) in [4.78, 5) is 30.8. The van der Waals surface area contributed by atoms with Gasteiger partial charge in [0.15, 0.2) is 0 Å². The van der Waals surface area contributed by atoms with Crippen LogP contribution in [0, 0.1) is 11.3 Å². The summed E-state index contributed by atoms with van der Waals surface area (Å²) in [6.45, 7) is 5.42. The molecular weight excluding hydrogens is 308 g/mol. The maximum Gasteiger partial charge on any atom is 0.293 e. The number of nitrogens with zero attached hydrogens (tertiary/aromatic N) is 3. The quantitative estimate of drug-likeness (QED) is 0.907. The van der Waals surface area contributed by atoms with Crippen LogP contribution >= 0.6 is 0 Å². The van der Waals surface area contributed by atoms with Crippen molar-refractivity contribution in [3.8, 4) is 0 Å². The van der Waals surface area contributed by atoms with Crippen LogP contribution in [0.25, 0.3) is 0 Å². The first kappa shape index (κ1) is 15.6. The van der Waals surface area contributed by atoms with Crippen molar-refractivity contribution in [3.05, 3.63) is 11.7 Å². The minimum atomic E-state index is -0.576. The van der Waals surface area contributed by atoms with Crippen molar-refractivity contribution in [2.24, 2.45) is 11.3 Å². The van der Waals surface area contributed by atoms with E-state index < -0.39 is 11.9 Å². The van der Waals surface area contributed by atoms with Crippen LogP contribution in [0.15, 0.2) is 4.52 Å². The van der Waals surface area contributed by atoms with Crippen LogP contribution in [0.4, 0.5) is 0 Å². The number of carbonyl (C=O) groups is 2. The SMILES string of the molecule is CC1CC1c1nc(C(=O)N[C@@H](C)C(=O)N2CCC3(CC2)CC3)no1. The molecule has 2 saturated carbocycles. The molecule has 4 rings (SSSR count). The standard InChI is InChI=1S/C17H24N4O3/c1-10-9-12(10)15-19-13(20-24-15)14(22)18-11(2)16(23)21-7-5-17(3-4-17)6-8-21/h10-12H,3-9H2,1-2H3,(H,18,22)/t10?,11-,12?/m0/s1. The summed E-state index contributed by atoms with van der Waals surface area (Å²) in [5.41, 5.74) is 0.532. The number of rotatable bonds is 4. The van der Waals surface area contributed by atoms with Gasteiger partial charge in [-0.1, -0.05) is 12.1 Å². The molecular formula is C17H24N4O3. The van der Waals surface area contributed by atoms with Gasteiger partial charge in [-0.15, -0.1) is 0 Å². The molecule has 1 spiro atoms. The van der Waals surface area contributed by atoms with Crippen LogP contribution < -0.4 is 5.32 Å². The topological polar surface area (TPSA) is 88.3 Å². The number of likely N-dealkylation sites (tertiary alicyclic amines) is 1. The molecule has 1 N–H and O–H groups in total. The summed E-state index contributed by atoms with van der Waals surface area (Å²) in [5, 5.41) is 6.44. The smallest absolute Gasteiger partial charge is 0.293 e. The van der Waals surface area contributed by atoms with Gasteiger partial charge < -0.3 is 14.7 Å². The van der Waals surface area contributed by atoms with Crippen LogP contribution in [-0.4, -0.2) is 46.0 Å². The summed E-state index contributed by atoms with van der Waals surface area (Å²) >= 11 is 0. The predicted molar refractivity (Wildman–Crippen MR) is 85.2 cm³/mol. The molecule has 3 fully saturated rings. The van der Waals surface area contributed by atoms with E-state index in [4.69, 9.17) is 4.52 Å². The lowest BCUT2D eigenvalue weighted by Crippen LogP contribution is -2.49. The van der Waals surface area contributed by atoms with Gasteiger partial charge in [-0.2, -0.15) is 4.98 Å². The molecule has 1 aliphatic heterocycles. The highest BCUT2D eigenvalue weighted by Gasteiger charge is 2.45. The van der Waals surface area contributed by atoms with Crippen molar-refractivity contribution in [1.82, 2.24) is 20.4 Å². The minimum absolute atomic E-state index is 0.0133. The van der Waals surface area contributed by atoms with E-state index >= 15 is 0 Å². The molecule has 7 heteroatoms. The Kier molecular flexibility index (Phi) is 3.62. The molecule has 2 amide bonds. The monoisotopic (exact) mass is 332 g/mol. The number of hydrogen-bond donors (Lipinski definition) is 1. The summed E-state index contributed by atoms with van der Waals surface area (Å²) in [5.74, 6) is 0.877. The zero-order chi connectivity index (χ0) is 16.9. The molecule has 0 aromatic carbocycles. The first-order valence-corrected chi connectivity index (χ1v) is 8.91. The van der Waals surface area contributed by atoms with E-state index in [0.717, 1.165) is 32.4 Å². The molecule has 2 unspecified atom stereocenters. The van der Waals surface area contributed by atoms with Gasteiger partial charge in [0.25, 0.3) is 11.7 Å². The third-order valence-electron chi connectivity index (χ3n) is 5.88. The number of aromatic nitrogens is 2. The lowest BCUT2D eigenvalue weighted by Gasteiger charge is -2.33. The van der Waals surface area contributed by atoms with E-state index in [1.54, 1.807) is 6.92 Å². The molecule has 3 aliphatic rings. The van der Waals surface area contributed by atoms with Gasteiger partial charge in [0, 0.05) is 19.0 Å². The maximum absolute atomic E-state index is 12.5. The fourth-order valence-electron chi connectivity index (χ4n) is 3.62. The maximum atomic E-state index is 12.5. The fourth-order valence-corrected chi connectivity index (χ4v) is 3.62. The molecule has 0 bridgehead atoms. The fraction of sp³-hybridized carbons (Fsp3) is 0.765. The molecule has 3 atom stereocenters. The van der Waals surface area contributed by atoms with Crippen molar-refractivity contribution in [1.29, 1.82) is 0 Å². The van der Waals surface area contributed by atoms with Crippen molar-refractivity contribution in [3.63, 3.8) is 0 Å². The summed E-state index contributed by atoms with van der Waals surface area (Å²) in [6, 6.07) is -0.576. The second kappa shape index (κ2) is 5.57. The number of amides is 2. The molecule has 2 aliphatic carbocycles. The van der Waals surface area contributed by atoms with E-state index in [2.05, 4.69) is 22.4 Å². The predicted octanol–water partition coefficient (Wildman–Crippen LogP) is 1.71. The van der Waals surface area contributed by atoms with Gasteiger partial charge in [0.05, 0.1) is 0 Å². The molecule has 1 aromatic rings. The van der Waals surface area contributed by atoms with Crippen molar-refractivity contribution >= 4 is 11.8 Å². The first-order valence-electron chi connectivity index (χ1n) is 8.91. The van der Waals surface area contributed by atoms with Crippen molar-refractivity contribution < 1.29 is 14.1 Å². The second-order valence-corrected chi connectivity index (χ2v) is 7.80. The average Bonchev–Trinajstić information content (AvgIpc) is 3.44. The average molecular weight is 332 g/mol. The Bertz CT molecular complexity index is 657. The van der Waals surface area contributed by atoms with Crippen LogP contribution in [0.5, 0.6) is 0 Å². The van der Waals surface area contributed by atoms with Gasteiger partial charge >= 0.3 is 0 Å². The Morgan fingerprint density at radius 3 is 2.54 bits per heavy atom. The number of piperidine rings is 1. The van der Waals surface area contributed by atoms with Crippen LogP contribution in [0.1, 0.15) is 68.4 Å². The number of hydrogen-bond acceptors (Lipinski definition) is 5. The number of nitrogens with one attached hydrogen (secondary N) is 1. The molecule has 0 radical (unpaired) electrons. The largest absolute Gasteiger partial charge is 0.341 e. The second-order valence-electron chi connectivity index (χ2n) is 7.80. The molecule has 1 saturated heterocycles. The molecule has 130 valence electrons. The van der Waals surface area contributed by atoms with Crippen LogP contribution in [0.2, 0.25) is 0 Å².